The van der Waals surface area contributed by atoms with Crippen LogP contribution in [0.15, 0.2) is 53.4 Å². The van der Waals surface area contributed by atoms with Crippen molar-refractivity contribution in [1.29, 1.82) is 0 Å². The van der Waals surface area contributed by atoms with Crippen LogP contribution in [0.1, 0.15) is 36.0 Å². The zero-order chi connectivity index (χ0) is 20.9. The van der Waals surface area contributed by atoms with Gasteiger partial charge in [-0.15, -0.1) is 0 Å². The number of halogens is 1. The van der Waals surface area contributed by atoms with Gasteiger partial charge in [0.1, 0.15) is 5.82 Å². The molecule has 0 saturated heterocycles. The van der Waals surface area contributed by atoms with E-state index in [4.69, 9.17) is 0 Å². The van der Waals surface area contributed by atoms with Crippen LogP contribution < -0.4 is 10.0 Å². The van der Waals surface area contributed by atoms with E-state index in [1.807, 2.05) is 0 Å². The molecule has 156 valence electrons. The van der Waals surface area contributed by atoms with Crippen LogP contribution in [0.3, 0.4) is 0 Å². The van der Waals surface area contributed by atoms with Crippen LogP contribution in [0.2, 0.25) is 0 Å². The van der Waals surface area contributed by atoms with Crippen LogP contribution in [0.4, 0.5) is 10.1 Å². The van der Waals surface area contributed by atoms with Gasteiger partial charge in [0.2, 0.25) is 0 Å². The highest BCUT2D eigenvalue weighted by atomic mass is 32.2. The Morgan fingerprint density at radius 2 is 1.69 bits per heavy atom. The fourth-order valence-electron chi connectivity index (χ4n) is 3.49. The van der Waals surface area contributed by atoms with Gasteiger partial charge in [-0.2, -0.15) is 0 Å². The summed E-state index contributed by atoms with van der Waals surface area (Å²) >= 11 is 0. The Labute approximate surface area is 171 Å². The van der Waals surface area contributed by atoms with Crippen LogP contribution in [-0.2, 0) is 10.0 Å². The molecule has 0 spiro atoms. The minimum Gasteiger partial charge on any atom is -0.351 e. The van der Waals surface area contributed by atoms with Crippen molar-refractivity contribution in [3.8, 4) is 0 Å². The highest BCUT2D eigenvalue weighted by Gasteiger charge is 2.19. The predicted octanol–water partition coefficient (Wildman–Crippen LogP) is 3.23. The second-order valence-electron chi connectivity index (χ2n) is 7.31. The first kappa shape index (κ1) is 21.3. The first-order valence-corrected chi connectivity index (χ1v) is 11.2. The van der Waals surface area contributed by atoms with Gasteiger partial charge in [0.25, 0.3) is 15.9 Å². The van der Waals surface area contributed by atoms with Crippen LogP contribution in [0, 0.1) is 5.82 Å². The molecule has 0 bridgehead atoms. The summed E-state index contributed by atoms with van der Waals surface area (Å²) in [7, 11) is -1.73. The Morgan fingerprint density at radius 3 is 2.31 bits per heavy atom. The molecule has 0 unspecified atom stereocenters. The molecule has 1 saturated carbocycles. The molecule has 0 atom stereocenters. The summed E-state index contributed by atoms with van der Waals surface area (Å²) in [5.74, 6) is -0.702. The normalized spacial score (nSPS) is 14.9. The van der Waals surface area contributed by atoms with E-state index >= 15 is 0 Å². The number of amides is 1. The van der Waals surface area contributed by atoms with E-state index in [2.05, 4.69) is 22.0 Å². The van der Waals surface area contributed by atoms with Gasteiger partial charge in [-0.3, -0.25) is 9.52 Å². The molecule has 29 heavy (non-hydrogen) atoms. The molecule has 1 aliphatic rings. The van der Waals surface area contributed by atoms with Crippen LogP contribution >= 0.6 is 0 Å². The SMILES string of the molecule is CN(CCNC(=O)c1ccc(NS(=O)(=O)c2ccc(F)cc2)cc1)C1CCCC1. The van der Waals surface area contributed by atoms with Crippen LogP contribution in [0.25, 0.3) is 0 Å². The number of hydrogen-bond donors (Lipinski definition) is 2. The topological polar surface area (TPSA) is 78.5 Å². The third-order valence-electron chi connectivity index (χ3n) is 5.22. The molecule has 0 aromatic heterocycles. The lowest BCUT2D eigenvalue weighted by Crippen LogP contribution is -2.37. The lowest BCUT2D eigenvalue weighted by atomic mass is 10.2. The third-order valence-corrected chi connectivity index (χ3v) is 6.62. The van der Waals surface area contributed by atoms with Crippen molar-refractivity contribution in [2.75, 3.05) is 24.9 Å². The van der Waals surface area contributed by atoms with E-state index in [1.165, 1.54) is 49.9 Å². The number of anilines is 1. The molecule has 2 aromatic rings. The highest BCUT2D eigenvalue weighted by molar-refractivity contribution is 7.92. The number of nitrogens with zero attached hydrogens (tertiary/aromatic N) is 1. The Hall–Kier alpha value is -2.45. The van der Waals surface area contributed by atoms with Crippen molar-refractivity contribution in [3.05, 3.63) is 59.9 Å². The van der Waals surface area contributed by atoms with E-state index in [0.29, 0.717) is 23.8 Å². The molecule has 2 N–H and O–H groups in total. The standard InChI is InChI=1S/C21H26FN3O3S/c1-25(19-4-2-3-5-19)15-14-23-21(26)16-6-10-18(11-7-16)24-29(27,28)20-12-8-17(22)9-13-20/h6-13,19,24H,2-5,14-15H2,1H3,(H,23,26). The molecular formula is C21H26FN3O3S. The van der Waals surface area contributed by atoms with Gasteiger partial charge >= 0.3 is 0 Å². The lowest BCUT2D eigenvalue weighted by Gasteiger charge is -2.23. The second-order valence-corrected chi connectivity index (χ2v) is 8.99. The van der Waals surface area contributed by atoms with Crippen molar-refractivity contribution in [2.24, 2.45) is 0 Å². The quantitative estimate of drug-likeness (QED) is 0.689. The summed E-state index contributed by atoms with van der Waals surface area (Å²) in [5, 5.41) is 2.90. The number of benzene rings is 2. The fourth-order valence-corrected chi connectivity index (χ4v) is 4.55. The van der Waals surface area contributed by atoms with Gasteiger partial charge < -0.3 is 10.2 Å². The average Bonchev–Trinajstić information content (AvgIpc) is 3.23. The molecule has 2 aromatic carbocycles. The average molecular weight is 420 g/mol. The predicted molar refractivity (Wildman–Crippen MR) is 111 cm³/mol. The lowest BCUT2D eigenvalue weighted by molar-refractivity contribution is 0.0947. The van der Waals surface area contributed by atoms with Crippen molar-refractivity contribution in [1.82, 2.24) is 10.2 Å². The molecule has 1 aliphatic carbocycles. The summed E-state index contributed by atoms with van der Waals surface area (Å²) < 4.78 is 40.1. The third kappa shape index (κ3) is 5.77. The first-order valence-electron chi connectivity index (χ1n) is 9.72. The largest absolute Gasteiger partial charge is 0.351 e. The van der Waals surface area contributed by atoms with E-state index < -0.39 is 15.8 Å². The molecule has 6 nitrogen and oxygen atoms in total. The van der Waals surface area contributed by atoms with Crippen molar-refractivity contribution < 1.29 is 17.6 Å². The highest BCUT2D eigenvalue weighted by Crippen LogP contribution is 2.22. The summed E-state index contributed by atoms with van der Waals surface area (Å²) in [6, 6.07) is 11.4. The Bertz CT molecular complexity index is 925. The number of sulfonamides is 1. The van der Waals surface area contributed by atoms with Gasteiger partial charge in [0.15, 0.2) is 0 Å². The monoisotopic (exact) mass is 419 g/mol. The summed E-state index contributed by atoms with van der Waals surface area (Å²) in [6.07, 6.45) is 5.00. The second kappa shape index (κ2) is 9.37. The number of likely N-dealkylation sites (N-methyl/N-ethyl adjacent to an activating group) is 1. The molecule has 1 amide bonds. The number of rotatable bonds is 8. The summed E-state index contributed by atoms with van der Waals surface area (Å²) in [5.41, 5.74) is 0.782. The van der Waals surface area contributed by atoms with Crippen molar-refractivity contribution >= 4 is 21.6 Å². The number of carbonyl (C=O) groups is 1. The van der Waals surface area contributed by atoms with Gasteiger partial charge in [0, 0.05) is 30.4 Å². The van der Waals surface area contributed by atoms with Crippen LogP contribution in [-0.4, -0.2) is 45.4 Å². The van der Waals surface area contributed by atoms with Crippen LogP contribution in [0.5, 0.6) is 0 Å². The van der Waals surface area contributed by atoms with Crippen molar-refractivity contribution in [2.45, 2.75) is 36.6 Å². The molecule has 0 heterocycles. The number of hydrogen-bond acceptors (Lipinski definition) is 4. The van der Waals surface area contributed by atoms with E-state index in [0.717, 1.165) is 18.7 Å². The Morgan fingerprint density at radius 1 is 1.07 bits per heavy atom. The zero-order valence-electron chi connectivity index (χ0n) is 16.4. The maximum Gasteiger partial charge on any atom is 0.261 e. The maximum atomic E-state index is 13.0. The number of carbonyl (C=O) groups excluding carboxylic acids is 1. The van der Waals surface area contributed by atoms with Crippen molar-refractivity contribution in [3.63, 3.8) is 0 Å². The van der Waals surface area contributed by atoms with Gasteiger partial charge in [-0.05, 0) is 68.4 Å². The van der Waals surface area contributed by atoms with Gasteiger partial charge in [-0.25, -0.2) is 12.8 Å². The van der Waals surface area contributed by atoms with E-state index in [9.17, 15) is 17.6 Å². The number of nitrogens with one attached hydrogen (secondary N) is 2. The minimum atomic E-state index is -3.82. The molecule has 0 aliphatic heterocycles. The summed E-state index contributed by atoms with van der Waals surface area (Å²) in [6.45, 7) is 1.36. The molecule has 8 heteroatoms. The maximum absolute atomic E-state index is 13.0. The smallest absolute Gasteiger partial charge is 0.261 e. The molecular weight excluding hydrogens is 393 g/mol. The zero-order valence-corrected chi connectivity index (χ0v) is 17.2. The first-order chi connectivity index (χ1) is 13.8. The Balaban J connectivity index is 1.52. The molecule has 1 fully saturated rings. The molecule has 3 rings (SSSR count). The van der Waals surface area contributed by atoms with E-state index in [1.54, 1.807) is 12.1 Å². The van der Waals surface area contributed by atoms with Gasteiger partial charge in [-0.1, -0.05) is 12.8 Å². The van der Waals surface area contributed by atoms with Gasteiger partial charge in [0.05, 0.1) is 4.90 Å². The molecule has 0 radical (unpaired) electrons. The summed E-state index contributed by atoms with van der Waals surface area (Å²) in [4.78, 5) is 14.6. The fraction of sp³-hybridized carbons (Fsp3) is 0.381. The minimum absolute atomic E-state index is 0.0351. The Kier molecular flexibility index (Phi) is 6.87. The van der Waals surface area contributed by atoms with E-state index in [-0.39, 0.29) is 10.8 Å².